The van der Waals surface area contributed by atoms with E-state index in [0.29, 0.717) is 19.8 Å². The number of hydrogen-bond acceptors (Lipinski definition) is 3. The molecule has 2 atom stereocenters. The van der Waals surface area contributed by atoms with E-state index >= 15 is 0 Å². The highest BCUT2D eigenvalue weighted by atomic mass is 16.6. The van der Waals surface area contributed by atoms with Gasteiger partial charge >= 0.3 is 0 Å². The molecular weight excluding hydrogens is 238 g/mol. The number of benzene rings is 2. The van der Waals surface area contributed by atoms with Crippen LogP contribution in [0.5, 0.6) is 0 Å². The molecule has 0 radical (unpaired) electrons. The third kappa shape index (κ3) is 2.63. The molecule has 1 fully saturated rings. The third-order valence-corrected chi connectivity index (χ3v) is 3.66. The first-order chi connectivity index (χ1) is 9.38. The Hall–Kier alpha value is -1.42. The lowest BCUT2D eigenvalue weighted by atomic mass is 9.98. The van der Waals surface area contributed by atoms with Crippen molar-refractivity contribution in [3.8, 4) is 0 Å². The van der Waals surface area contributed by atoms with Crippen LogP contribution in [0.4, 0.5) is 0 Å². The minimum Gasteiger partial charge on any atom is -0.376 e. The average Bonchev–Trinajstić information content (AvgIpc) is 2.49. The minimum atomic E-state index is 0.0833. The van der Waals surface area contributed by atoms with E-state index in [-0.39, 0.29) is 12.1 Å². The molecule has 3 heteroatoms. The lowest BCUT2D eigenvalue weighted by molar-refractivity contribution is -0.101. The monoisotopic (exact) mass is 257 g/mol. The number of rotatable bonds is 3. The Bertz CT molecular complexity index is 549. The number of fused-ring (bicyclic) bond motifs is 1. The summed E-state index contributed by atoms with van der Waals surface area (Å²) in [7, 11) is 1.97. The van der Waals surface area contributed by atoms with Crippen LogP contribution in [0, 0.1) is 0 Å². The summed E-state index contributed by atoms with van der Waals surface area (Å²) in [4.78, 5) is 0. The molecule has 2 unspecified atom stereocenters. The van der Waals surface area contributed by atoms with Crippen molar-refractivity contribution in [2.24, 2.45) is 0 Å². The summed E-state index contributed by atoms with van der Waals surface area (Å²) in [5.41, 5.74) is 1.25. The van der Waals surface area contributed by atoms with Crippen molar-refractivity contribution in [2.75, 3.05) is 26.9 Å². The Labute approximate surface area is 113 Å². The van der Waals surface area contributed by atoms with Crippen molar-refractivity contribution < 1.29 is 9.47 Å². The standard InChI is InChI=1S/C16H19NO2/c1-17-16(15-11-18-8-9-19-15)14-7-6-12-4-2-3-5-13(12)10-14/h2-7,10,15-17H,8-9,11H2,1H3. The van der Waals surface area contributed by atoms with Crippen molar-refractivity contribution >= 4 is 10.8 Å². The zero-order chi connectivity index (χ0) is 13.1. The first-order valence-corrected chi connectivity index (χ1v) is 6.74. The van der Waals surface area contributed by atoms with Crippen LogP contribution in [0.15, 0.2) is 42.5 Å². The number of ether oxygens (including phenoxy) is 2. The Morgan fingerprint density at radius 2 is 1.95 bits per heavy atom. The van der Waals surface area contributed by atoms with Gasteiger partial charge in [0.1, 0.15) is 6.10 Å². The normalized spacial score (nSPS) is 21.4. The summed E-state index contributed by atoms with van der Waals surface area (Å²) in [6, 6.07) is 15.1. The molecule has 1 aliphatic heterocycles. The predicted molar refractivity (Wildman–Crippen MR) is 76.3 cm³/mol. The summed E-state index contributed by atoms with van der Waals surface area (Å²) in [6.07, 6.45) is 0.0833. The van der Waals surface area contributed by atoms with Gasteiger partial charge in [0.2, 0.25) is 0 Å². The topological polar surface area (TPSA) is 30.5 Å². The van der Waals surface area contributed by atoms with E-state index in [2.05, 4.69) is 47.8 Å². The first-order valence-electron chi connectivity index (χ1n) is 6.74. The summed E-state index contributed by atoms with van der Waals surface area (Å²) >= 11 is 0. The molecule has 3 nitrogen and oxygen atoms in total. The van der Waals surface area contributed by atoms with Gasteiger partial charge in [-0.05, 0) is 29.4 Å². The zero-order valence-corrected chi connectivity index (χ0v) is 11.1. The van der Waals surface area contributed by atoms with Crippen molar-refractivity contribution in [2.45, 2.75) is 12.1 Å². The van der Waals surface area contributed by atoms with E-state index in [4.69, 9.17) is 9.47 Å². The molecule has 0 saturated carbocycles. The van der Waals surface area contributed by atoms with Crippen LogP contribution >= 0.6 is 0 Å². The van der Waals surface area contributed by atoms with Crippen molar-refractivity contribution in [3.63, 3.8) is 0 Å². The Balaban J connectivity index is 1.91. The summed E-state index contributed by atoms with van der Waals surface area (Å²) < 4.78 is 11.3. The van der Waals surface area contributed by atoms with Crippen molar-refractivity contribution in [1.82, 2.24) is 5.32 Å². The van der Waals surface area contributed by atoms with Gasteiger partial charge in [-0.15, -0.1) is 0 Å². The Kier molecular flexibility index (Phi) is 3.78. The number of hydrogen-bond donors (Lipinski definition) is 1. The van der Waals surface area contributed by atoms with Crippen LogP contribution in [0.25, 0.3) is 10.8 Å². The van der Waals surface area contributed by atoms with Crippen LogP contribution in [0.2, 0.25) is 0 Å². The van der Waals surface area contributed by atoms with E-state index < -0.39 is 0 Å². The maximum atomic E-state index is 5.81. The van der Waals surface area contributed by atoms with Crippen LogP contribution in [0.1, 0.15) is 11.6 Å². The molecule has 1 N–H and O–H groups in total. The minimum absolute atomic E-state index is 0.0833. The fourth-order valence-electron chi connectivity index (χ4n) is 2.67. The number of nitrogens with one attached hydrogen (secondary N) is 1. The molecule has 0 aromatic heterocycles. The smallest absolute Gasteiger partial charge is 0.100 e. The average molecular weight is 257 g/mol. The van der Waals surface area contributed by atoms with Crippen molar-refractivity contribution in [3.05, 3.63) is 48.0 Å². The Morgan fingerprint density at radius 1 is 1.11 bits per heavy atom. The third-order valence-electron chi connectivity index (χ3n) is 3.66. The summed E-state index contributed by atoms with van der Waals surface area (Å²) in [5, 5.41) is 5.87. The highest BCUT2D eigenvalue weighted by Gasteiger charge is 2.25. The maximum Gasteiger partial charge on any atom is 0.100 e. The molecule has 1 aliphatic rings. The lowest BCUT2D eigenvalue weighted by Crippen LogP contribution is -2.39. The van der Waals surface area contributed by atoms with Crippen LogP contribution < -0.4 is 5.32 Å². The summed E-state index contributed by atoms with van der Waals surface area (Å²) in [6.45, 7) is 2.03. The van der Waals surface area contributed by atoms with Gasteiger partial charge < -0.3 is 14.8 Å². The molecule has 1 heterocycles. The van der Waals surface area contributed by atoms with E-state index in [1.165, 1.54) is 16.3 Å². The molecule has 2 aromatic carbocycles. The fraction of sp³-hybridized carbons (Fsp3) is 0.375. The van der Waals surface area contributed by atoms with Crippen LogP contribution in [0.3, 0.4) is 0 Å². The van der Waals surface area contributed by atoms with Gasteiger partial charge in [0.25, 0.3) is 0 Å². The predicted octanol–water partition coefficient (Wildman–Crippen LogP) is 2.52. The first kappa shape index (κ1) is 12.6. The quantitative estimate of drug-likeness (QED) is 0.916. The van der Waals surface area contributed by atoms with Gasteiger partial charge in [-0.2, -0.15) is 0 Å². The van der Waals surface area contributed by atoms with Gasteiger partial charge in [-0.1, -0.05) is 36.4 Å². The maximum absolute atomic E-state index is 5.81. The van der Waals surface area contributed by atoms with Gasteiger partial charge in [-0.3, -0.25) is 0 Å². The second-order valence-corrected chi connectivity index (χ2v) is 4.86. The van der Waals surface area contributed by atoms with Crippen LogP contribution in [-0.4, -0.2) is 33.0 Å². The molecule has 100 valence electrons. The second-order valence-electron chi connectivity index (χ2n) is 4.86. The molecule has 0 bridgehead atoms. The summed E-state index contributed by atoms with van der Waals surface area (Å²) in [5.74, 6) is 0. The van der Waals surface area contributed by atoms with Gasteiger partial charge in [0, 0.05) is 0 Å². The highest BCUT2D eigenvalue weighted by molar-refractivity contribution is 5.83. The highest BCUT2D eigenvalue weighted by Crippen LogP contribution is 2.25. The molecular formula is C16H19NO2. The molecule has 0 spiro atoms. The molecule has 0 amide bonds. The van der Waals surface area contributed by atoms with E-state index in [1.54, 1.807) is 0 Å². The van der Waals surface area contributed by atoms with Gasteiger partial charge in [0.05, 0.1) is 25.9 Å². The van der Waals surface area contributed by atoms with E-state index in [0.717, 1.165) is 0 Å². The molecule has 3 rings (SSSR count). The Morgan fingerprint density at radius 3 is 2.68 bits per heavy atom. The van der Waals surface area contributed by atoms with E-state index in [1.807, 2.05) is 7.05 Å². The lowest BCUT2D eigenvalue weighted by Gasteiger charge is -2.30. The van der Waals surface area contributed by atoms with Crippen LogP contribution in [-0.2, 0) is 9.47 Å². The molecule has 0 aliphatic carbocycles. The zero-order valence-electron chi connectivity index (χ0n) is 11.1. The van der Waals surface area contributed by atoms with E-state index in [9.17, 15) is 0 Å². The van der Waals surface area contributed by atoms with Crippen molar-refractivity contribution in [1.29, 1.82) is 0 Å². The molecule has 1 saturated heterocycles. The van der Waals surface area contributed by atoms with Gasteiger partial charge in [-0.25, -0.2) is 0 Å². The van der Waals surface area contributed by atoms with Gasteiger partial charge in [0.15, 0.2) is 0 Å². The number of likely N-dealkylation sites (N-methyl/N-ethyl adjacent to an activating group) is 1. The fourth-order valence-corrected chi connectivity index (χ4v) is 2.67. The second kappa shape index (κ2) is 5.70. The largest absolute Gasteiger partial charge is 0.376 e. The SMILES string of the molecule is CNC(c1ccc2ccccc2c1)C1COCCO1. The molecule has 19 heavy (non-hydrogen) atoms. The molecule has 2 aromatic rings.